The number of thioether (sulfide) groups is 1. The van der Waals surface area contributed by atoms with Gasteiger partial charge in [0.25, 0.3) is 0 Å². The number of anilines is 1. The molecule has 2 heterocycles. The van der Waals surface area contributed by atoms with E-state index in [2.05, 4.69) is 20.5 Å². The summed E-state index contributed by atoms with van der Waals surface area (Å²) >= 11 is 1.23. The van der Waals surface area contributed by atoms with Crippen LogP contribution >= 0.6 is 11.8 Å². The van der Waals surface area contributed by atoms with E-state index in [1.165, 1.54) is 16.4 Å². The second-order valence-corrected chi connectivity index (χ2v) is 6.01. The Morgan fingerprint density at radius 3 is 2.71 bits per heavy atom. The molecule has 1 aromatic carbocycles. The molecule has 0 saturated carbocycles. The molecule has 3 rings (SSSR count). The first kappa shape index (κ1) is 16.0. The van der Waals surface area contributed by atoms with Gasteiger partial charge in [-0.15, -0.1) is 10.2 Å². The van der Waals surface area contributed by atoms with Crippen LogP contribution in [0.4, 0.5) is 5.69 Å². The highest BCUT2D eigenvalue weighted by molar-refractivity contribution is 7.99. The second kappa shape index (κ2) is 7.14. The average molecular weight is 340 g/mol. The van der Waals surface area contributed by atoms with Crippen LogP contribution in [0.15, 0.2) is 53.9 Å². The van der Waals surface area contributed by atoms with Crippen LogP contribution in [0.1, 0.15) is 5.56 Å². The lowest BCUT2D eigenvalue weighted by Crippen LogP contribution is -2.16. The van der Waals surface area contributed by atoms with Crippen LogP contribution in [0, 0.1) is 6.92 Å². The maximum absolute atomic E-state index is 12.1. The highest BCUT2D eigenvalue weighted by Crippen LogP contribution is 2.21. The van der Waals surface area contributed by atoms with Gasteiger partial charge < -0.3 is 11.2 Å². The average Bonchev–Trinajstić information content (AvgIpc) is 2.97. The monoisotopic (exact) mass is 340 g/mol. The summed E-state index contributed by atoms with van der Waals surface area (Å²) in [5.41, 5.74) is 2.63. The highest BCUT2D eigenvalue weighted by Gasteiger charge is 2.14. The van der Waals surface area contributed by atoms with Gasteiger partial charge in [0.1, 0.15) is 0 Å². The largest absolute Gasteiger partial charge is 0.335 e. The molecule has 0 unspecified atom stereocenters. The summed E-state index contributed by atoms with van der Waals surface area (Å²) in [7, 11) is 0. The number of hydrogen-bond donors (Lipinski definition) is 2. The molecule has 8 heteroatoms. The number of aromatic nitrogens is 4. The first-order valence-electron chi connectivity index (χ1n) is 7.24. The molecular weight excluding hydrogens is 324 g/mol. The van der Waals surface area contributed by atoms with Gasteiger partial charge in [-0.3, -0.25) is 9.78 Å². The van der Waals surface area contributed by atoms with Crippen molar-refractivity contribution in [2.24, 2.45) is 0 Å². The quantitative estimate of drug-likeness (QED) is 0.545. The lowest BCUT2D eigenvalue weighted by molar-refractivity contribution is -0.113. The molecule has 2 aromatic heterocycles. The molecule has 122 valence electrons. The summed E-state index contributed by atoms with van der Waals surface area (Å²) in [6.45, 7) is 1.94. The van der Waals surface area contributed by atoms with E-state index in [9.17, 15) is 4.79 Å². The van der Waals surface area contributed by atoms with Crippen molar-refractivity contribution in [3.8, 4) is 11.4 Å². The molecule has 0 saturated heterocycles. The molecule has 3 aromatic rings. The summed E-state index contributed by atoms with van der Waals surface area (Å²) in [6, 6.07) is 11.2. The molecule has 0 spiro atoms. The maximum atomic E-state index is 12.1. The summed E-state index contributed by atoms with van der Waals surface area (Å²) in [5.74, 6) is 6.62. The van der Waals surface area contributed by atoms with Gasteiger partial charge in [0, 0.05) is 23.6 Å². The number of aryl methyl sites for hydroxylation is 1. The summed E-state index contributed by atoms with van der Waals surface area (Å²) < 4.78 is 1.38. The van der Waals surface area contributed by atoms with Gasteiger partial charge in [-0.05, 0) is 30.7 Å². The molecule has 0 aliphatic rings. The summed E-state index contributed by atoms with van der Waals surface area (Å²) in [4.78, 5) is 16.0. The van der Waals surface area contributed by atoms with Crippen LogP contribution in [0.25, 0.3) is 11.4 Å². The van der Waals surface area contributed by atoms with Crippen molar-refractivity contribution < 1.29 is 4.79 Å². The second-order valence-electron chi connectivity index (χ2n) is 5.06. The van der Waals surface area contributed by atoms with E-state index in [4.69, 9.17) is 5.84 Å². The fraction of sp³-hybridized carbons (Fsp3) is 0.125. The third kappa shape index (κ3) is 3.54. The smallest absolute Gasteiger partial charge is 0.234 e. The molecule has 3 N–H and O–H groups in total. The Balaban J connectivity index is 1.64. The number of carbonyl (C=O) groups excluding carboxylic acids is 1. The number of nitrogens with one attached hydrogen (secondary N) is 1. The minimum atomic E-state index is -0.122. The molecule has 1 amide bonds. The van der Waals surface area contributed by atoms with Crippen LogP contribution in [-0.2, 0) is 4.79 Å². The van der Waals surface area contributed by atoms with Gasteiger partial charge in [0.2, 0.25) is 11.1 Å². The summed E-state index contributed by atoms with van der Waals surface area (Å²) in [6.07, 6.45) is 3.32. The Labute approximate surface area is 143 Å². The Morgan fingerprint density at radius 2 is 1.96 bits per heavy atom. The summed E-state index contributed by atoms with van der Waals surface area (Å²) in [5, 5.41) is 11.5. The van der Waals surface area contributed by atoms with Crippen molar-refractivity contribution in [2.45, 2.75) is 12.1 Å². The molecule has 24 heavy (non-hydrogen) atoms. The molecule has 0 atom stereocenters. The SMILES string of the molecule is Cc1ccccc1NC(=O)CSc1nnc(-c2ccncc2)n1N. The Morgan fingerprint density at radius 1 is 1.21 bits per heavy atom. The van der Waals surface area contributed by atoms with Gasteiger partial charge >= 0.3 is 0 Å². The van der Waals surface area contributed by atoms with Crippen molar-refractivity contribution in [2.75, 3.05) is 16.9 Å². The van der Waals surface area contributed by atoms with Crippen molar-refractivity contribution in [3.05, 3.63) is 54.4 Å². The number of benzene rings is 1. The van der Waals surface area contributed by atoms with E-state index in [0.717, 1.165) is 16.8 Å². The predicted molar refractivity (Wildman–Crippen MR) is 93.9 cm³/mol. The van der Waals surface area contributed by atoms with Gasteiger partial charge in [-0.1, -0.05) is 30.0 Å². The standard InChI is InChI=1S/C16H16N6OS/c1-11-4-2-3-5-13(11)19-14(23)10-24-16-21-20-15(22(16)17)12-6-8-18-9-7-12/h2-9H,10,17H2,1H3,(H,19,23). The lowest BCUT2D eigenvalue weighted by Gasteiger charge is -2.07. The van der Waals surface area contributed by atoms with Gasteiger partial charge in [-0.25, -0.2) is 4.68 Å². The van der Waals surface area contributed by atoms with E-state index in [0.29, 0.717) is 11.0 Å². The fourth-order valence-electron chi connectivity index (χ4n) is 2.10. The zero-order chi connectivity index (χ0) is 16.9. The maximum Gasteiger partial charge on any atom is 0.234 e. The molecule has 0 bridgehead atoms. The molecular formula is C16H16N6OS. The zero-order valence-corrected chi connectivity index (χ0v) is 13.8. The topological polar surface area (TPSA) is 98.7 Å². The van der Waals surface area contributed by atoms with Crippen LogP contribution in [-0.4, -0.2) is 31.5 Å². The van der Waals surface area contributed by atoms with Crippen LogP contribution in [0.5, 0.6) is 0 Å². The number of nitrogens with zero attached hydrogens (tertiary/aromatic N) is 4. The van der Waals surface area contributed by atoms with Crippen LogP contribution in [0.2, 0.25) is 0 Å². The van der Waals surface area contributed by atoms with E-state index in [1.54, 1.807) is 24.5 Å². The minimum Gasteiger partial charge on any atom is -0.335 e. The number of hydrogen-bond acceptors (Lipinski definition) is 6. The van der Waals surface area contributed by atoms with Gasteiger partial charge in [0.15, 0.2) is 5.82 Å². The van der Waals surface area contributed by atoms with Crippen molar-refractivity contribution in [3.63, 3.8) is 0 Å². The predicted octanol–water partition coefficient (Wildman–Crippen LogP) is 2.09. The van der Waals surface area contributed by atoms with Crippen molar-refractivity contribution >= 4 is 23.4 Å². The Bertz CT molecular complexity index is 849. The molecule has 0 fully saturated rings. The number of para-hydroxylation sites is 1. The molecule has 0 radical (unpaired) electrons. The number of pyridine rings is 1. The van der Waals surface area contributed by atoms with Crippen LogP contribution < -0.4 is 11.2 Å². The van der Waals surface area contributed by atoms with E-state index < -0.39 is 0 Å². The van der Waals surface area contributed by atoms with E-state index in [1.807, 2.05) is 31.2 Å². The van der Waals surface area contributed by atoms with Crippen molar-refractivity contribution in [1.29, 1.82) is 0 Å². The fourth-order valence-corrected chi connectivity index (χ4v) is 2.76. The Kier molecular flexibility index (Phi) is 4.76. The first-order chi connectivity index (χ1) is 11.6. The third-order valence-electron chi connectivity index (χ3n) is 3.35. The van der Waals surface area contributed by atoms with E-state index >= 15 is 0 Å². The molecule has 7 nitrogen and oxygen atoms in total. The van der Waals surface area contributed by atoms with Gasteiger partial charge in [-0.2, -0.15) is 0 Å². The van der Waals surface area contributed by atoms with Crippen molar-refractivity contribution in [1.82, 2.24) is 19.9 Å². The number of rotatable bonds is 5. The highest BCUT2D eigenvalue weighted by atomic mass is 32.2. The number of carbonyl (C=O) groups is 1. The number of nitrogen functional groups attached to an aromatic ring is 1. The molecule has 0 aliphatic carbocycles. The molecule has 0 aliphatic heterocycles. The number of amides is 1. The first-order valence-corrected chi connectivity index (χ1v) is 8.23. The van der Waals surface area contributed by atoms with E-state index in [-0.39, 0.29) is 11.7 Å². The Hall–Kier alpha value is -2.87. The van der Waals surface area contributed by atoms with Crippen LogP contribution in [0.3, 0.4) is 0 Å². The minimum absolute atomic E-state index is 0.122. The van der Waals surface area contributed by atoms with Gasteiger partial charge in [0.05, 0.1) is 5.75 Å². The number of nitrogens with two attached hydrogens (primary N) is 1. The third-order valence-corrected chi connectivity index (χ3v) is 4.30. The zero-order valence-electron chi connectivity index (χ0n) is 13.0. The normalized spacial score (nSPS) is 10.5. The lowest BCUT2D eigenvalue weighted by atomic mass is 10.2.